The molecule has 0 aliphatic carbocycles. The molecule has 3 nitrogen and oxygen atoms in total. The first-order chi connectivity index (χ1) is 7.06. The molecule has 0 amide bonds. The van der Waals surface area contributed by atoms with Crippen LogP contribution in [0, 0.1) is 0 Å². The molecule has 0 aliphatic rings. The molecule has 5 heteroatoms. The Morgan fingerprint density at radius 1 is 1.33 bits per heavy atom. The van der Waals surface area contributed by atoms with E-state index in [0.717, 1.165) is 0 Å². The predicted octanol–water partition coefficient (Wildman–Crippen LogP) is 2.19. The molecule has 0 saturated heterocycles. The minimum Gasteiger partial charge on any atom is -0.211 e. The molecule has 0 saturated carbocycles. The quantitative estimate of drug-likeness (QED) is 0.639. The lowest BCUT2D eigenvalue weighted by Gasteiger charge is -2.05. The summed E-state index contributed by atoms with van der Waals surface area (Å²) in [5.41, 5.74) is 0. The Kier molecular flexibility index (Phi) is 4.32. The fourth-order valence-corrected chi connectivity index (χ4v) is 2.17. The summed E-state index contributed by atoms with van der Waals surface area (Å²) in [7, 11) is -3.41. The summed E-state index contributed by atoms with van der Waals surface area (Å²) in [6.45, 7) is 3.87. The first-order valence-electron chi connectivity index (χ1n) is 4.42. The maximum Gasteiger partial charge on any atom is 0.240 e. The lowest BCUT2D eigenvalue weighted by Crippen LogP contribution is -2.24. The molecule has 0 unspecified atom stereocenters. The molecule has 0 radical (unpaired) electrons. The molecular weight excluding hydrogens is 234 g/mol. The van der Waals surface area contributed by atoms with Crippen molar-refractivity contribution in [1.82, 2.24) is 4.72 Å². The van der Waals surface area contributed by atoms with E-state index in [1.165, 1.54) is 12.1 Å². The molecule has 0 fully saturated rings. The Hall–Kier alpha value is -0.840. The summed E-state index contributed by atoms with van der Waals surface area (Å²) in [5, 5.41) is 0.514. The van der Waals surface area contributed by atoms with Crippen LogP contribution in [-0.2, 0) is 10.0 Å². The standard InChI is InChI=1S/C10H12ClNO2S/c1-2-3-8-12-15(13,14)10-6-4-9(11)5-7-10/h2,4-7,12H,1,3,8H2. The van der Waals surface area contributed by atoms with Crippen molar-refractivity contribution in [2.24, 2.45) is 0 Å². The van der Waals surface area contributed by atoms with Crippen LogP contribution in [0.25, 0.3) is 0 Å². The van der Waals surface area contributed by atoms with Crippen LogP contribution < -0.4 is 4.72 Å². The van der Waals surface area contributed by atoms with Crippen LogP contribution in [0.3, 0.4) is 0 Å². The predicted molar refractivity (Wildman–Crippen MR) is 61.5 cm³/mol. The van der Waals surface area contributed by atoms with Gasteiger partial charge in [-0.15, -0.1) is 6.58 Å². The van der Waals surface area contributed by atoms with Crippen LogP contribution in [0.1, 0.15) is 6.42 Å². The molecule has 1 aromatic carbocycles. The van der Waals surface area contributed by atoms with Crippen molar-refractivity contribution < 1.29 is 8.42 Å². The maximum atomic E-state index is 11.6. The largest absolute Gasteiger partial charge is 0.240 e. The third-order valence-electron chi connectivity index (χ3n) is 1.76. The molecule has 0 spiro atoms. The van der Waals surface area contributed by atoms with Gasteiger partial charge in [0.25, 0.3) is 0 Å². The van der Waals surface area contributed by atoms with Gasteiger partial charge in [-0.2, -0.15) is 0 Å². The van der Waals surface area contributed by atoms with Gasteiger partial charge in [-0.3, -0.25) is 0 Å². The van der Waals surface area contributed by atoms with Gasteiger partial charge >= 0.3 is 0 Å². The van der Waals surface area contributed by atoms with Crippen LogP contribution in [0.5, 0.6) is 0 Å². The molecule has 0 bridgehead atoms. The van der Waals surface area contributed by atoms with Crippen LogP contribution in [0.4, 0.5) is 0 Å². The van der Waals surface area contributed by atoms with Crippen molar-refractivity contribution in [2.45, 2.75) is 11.3 Å². The van der Waals surface area contributed by atoms with E-state index in [4.69, 9.17) is 11.6 Å². The van der Waals surface area contributed by atoms with E-state index >= 15 is 0 Å². The summed E-state index contributed by atoms with van der Waals surface area (Å²) in [5.74, 6) is 0. The van der Waals surface area contributed by atoms with Crippen LogP contribution in [-0.4, -0.2) is 15.0 Å². The first-order valence-corrected chi connectivity index (χ1v) is 6.28. The van der Waals surface area contributed by atoms with Gasteiger partial charge in [0.2, 0.25) is 10.0 Å². The summed E-state index contributed by atoms with van der Waals surface area (Å²) < 4.78 is 25.7. The van der Waals surface area contributed by atoms with Crippen molar-refractivity contribution >= 4 is 21.6 Å². The Morgan fingerprint density at radius 3 is 2.47 bits per heavy atom. The van der Waals surface area contributed by atoms with E-state index in [1.807, 2.05) is 0 Å². The maximum absolute atomic E-state index is 11.6. The molecular formula is C10H12ClNO2S. The van der Waals surface area contributed by atoms with E-state index in [1.54, 1.807) is 18.2 Å². The average molecular weight is 246 g/mol. The highest BCUT2D eigenvalue weighted by molar-refractivity contribution is 7.89. The summed E-state index contributed by atoms with van der Waals surface area (Å²) >= 11 is 5.66. The van der Waals surface area contributed by atoms with Gasteiger partial charge in [0, 0.05) is 11.6 Å². The van der Waals surface area contributed by atoms with Crippen molar-refractivity contribution in [2.75, 3.05) is 6.54 Å². The Morgan fingerprint density at radius 2 is 1.93 bits per heavy atom. The second kappa shape index (κ2) is 5.30. The number of rotatable bonds is 5. The second-order valence-corrected chi connectivity index (χ2v) is 5.13. The second-order valence-electron chi connectivity index (χ2n) is 2.93. The third-order valence-corrected chi connectivity index (χ3v) is 3.49. The number of benzene rings is 1. The molecule has 0 aromatic heterocycles. The van der Waals surface area contributed by atoms with E-state index in [-0.39, 0.29) is 4.90 Å². The Labute approximate surface area is 94.8 Å². The zero-order chi connectivity index (χ0) is 11.3. The highest BCUT2D eigenvalue weighted by atomic mass is 35.5. The number of hydrogen-bond donors (Lipinski definition) is 1. The topological polar surface area (TPSA) is 46.2 Å². The minimum atomic E-state index is -3.41. The molecule has 1 N–H and O–H groups in total. The zero-order valence-electron chi connectivity index (χ0n) is 8.11. The molecule has 0 heterocycles. The fourth-order valence-electron chi connectivity index (χ4n) is 0.992. The van der Waals surface area contributed by atoms with Crippen molar-refractivity contribution in [3.8, 4) is 0 Å². The first kappa shape index (κ1) is 12.2. The fraction of sp³-hybridized carbons (Fsp3) is 0.200. The molecule has 1 rings (SSSR count). The van der Waals surface area contributed by atoms with Gasteiger partial charge in [-0.05, 0) is 30.7 Å². The van der Waals surface area contributed by atoms with Gasteiger partial charge in [-0.1, -0.05) is 17.7 Å². The highest BCUT2D eigenvalue weighted by Gasteiger charge is 2.11. The normalized spacial score (nSPS) is 11.3. The number of nitrogens with one attached hydrogen (secondary N) is 1. The molecule has 15 heavy (non-hydrogen) atoms. The lowest BCUT2D eigenvalue weighted by atomic mass is 10.4. The van der Waals surface area contributed by atoms with E-state index < -0.39 is 10.0 Å². The summed E-state index contributed by atoms with van der Waals surface area (Å²) in [6, 6.07) is 6.03. The number of halogens is 1. The monoisotopic (exact) mass is 245 g/mol. The van der Waals surface area contributed by atoms with Gasteiger partial charge in [0.15, 0.2) is 0 Å². The number of sulfonamides is 1. The minimum absolute atomic E-state index is 0.218. The van der Waals surface area contributed by atoms with Gasteiger partial charge in [0.05, 0.1) is 4.90 Å². The number of hydrogen-bond acceptors (Lipinski definition) is 2. The van der Waals surface area contributed by atoms with Gasteiger partial charge < -0.3 is 0 Å². The molecule has 0 atom stereocenters. The summed E-state index contributed by atoms with van der Waals surface area (Å²) in [4.78, 5) is 0.218. The Bertz CT molecular complexity index is 425. The van der Waals surface area contributed by atoms with Gasteiger partial charge in [-0.25, -0.2) is 13.1 Å². The SMILES string of the molecule is C=CCCNS(=O)(=O)c1ccc(Cl)cc1. The summed E-state index contributed by atoms with van der Waals surface area (Å²) in [6.07, 6.45) is 2.26. The molecule has 0 aliphatic heterocycles. The Balaban J connectivity index is 2.77. The zero-order valence-corrected chi connectivity index (χ0v) is 9.68. The molecule has 82 valence electrons. The van der Waals surface area contributed by atoms with Crippen LogP contribution in [0.2, 0.25) is 5.02 Å². The lowest BCUT2D eigenvalue weighted by molar-refractivity contribution is 0.582. The van der Waals surface area contributed by atoms with E-state index in [9.17, 15) is 8.42 Å². The third kappa shape index (κ3) is 3.66. The highest BCUT2D eigenvalue weighted by Crippen LogP contribution is 2.13. The van der Waals surface area contributed by atoms with E-state index in [2.05, 4.69) is 11.3 Å². The molecule has 1 aromatic rings. The smallest absolute Gasteiger partial charge is 0.211 e. The van der Waals surface area contributed by atoms with E-state index in [0.29, 0.717) is 18.0 Å². The van der Waals surface area contributed by atoms with Crippen molar-refractivity contribution in [1.29, 1.82) is 0 Å². The average Bonchev–Trinajstić information content (AvgIpc) is 2.18. The van der Waals surface area contributed by atoms with Crippen molar-refractivity contribution in [3.63, 3.8) is 0 Å². The van der Waals surface area contributed by atoms with Crippen LogP contribution in [0.15, 0.2) is 41.8 Å². The van der Waals surface area contributed by atoms with Crippen molar-refractivity contribution in [3.05, 3.63) is 41.9 Å². The van der Waals surface area contributed by atoms with Crippen LogP contribution >= 0.6 is 11.6 Å². The van der Waals surface area contributed by atoms with Gasteiger partial charge in [0.1, 0.15) is 0 Å².